The minimum absolute atomic E-state index is 0.210. The second-order valence-corrected chi connectivity index (χ2v) is 6.13. The van der Waals surface area contributed by atoms with E-state index in [-0.39, 0.29) is 11.8 Å². The molecule has 1 aliphatic rings. The minimum atomic E-state index is -0.524. The van der Waals surface area contributed by atoms with Gasteiger partial charge in [-0.2, -0.15) is 0 Å². The van der Waals surface area contributed by atoms with Gasteiger partial charge in [0.2, 0.25) is 5.91 Å². The van der Waals surface area contributed by atoms with Gasteiger partial charge in [-0.1, -0.05) is 23.2 Å². The molecule has 2 amide bonds. The summed E-state index contributed by atoms with van der Waals surface area (Å²) < 4.78 is 4.94. The van der Waals surface area contributed by atoms with Gasteiger partial charge in [0, 0.05) is 11.6 Å². The highest BCUT2D eigenvalue weighted by atomic mass is 35.5. The van der Waals surface area contributed by atoms with E-state index in [1.165, 1.54) is 12.5 Å². The third kappa shape index (κ3) is 3.35. The summed E-state index contributed by atoms with van der Waals surface area (Å²) in [5, 5.41) is 3.61. The van der Waals surface area contributed by atoms with Gasteiger partial charge in [0.25, 0.3) is 5.91 Å². The third-order valence-corrected chi connectivity index (χ3v) is 4.32. The Kier molecular flexibility index (Phi) is 4.59. The van der Waals surface area contributed by atoms with E-state index < -0.39 is 6.04 Å². The first-order chi connectivity index (χ1) is 11.1. The van der Waals surface area contributed by atoms with Crippen molar-refractivity contribution in [3.63, 3.8) is 0 Å². The molecule has 2 aromatic rings. The Morgan fingerprint density at radius 2 is 2.09 bits per heavy atom. The molecule has 1 unspecified atom stereocenters. The van der Waals surface area contributed by atoms with Crippen molar-refractivity contribution in [2.45, 2.75) is 18.9 Å². The summed E-state index contributed by atoms with van der Waals surface area (Å²) in [5.74, 6) is -0.470. The van der Waals surface area contributed by atoms with Crippen LogP contribution in [-0.2, 0) is 4.79 Å². The number of benzene rings is 1. The average Bonchev–Trinajstić information content (AvgIpc) is 3.20. The number of hydrogen-bond donors (Lipinski definition) is 1. The highest BCUT2D eigenvalue weighted by molar-refractivity contribution is 6.36. The van der Waals surface area contributed by atoms with Crippen molar-refractivity contribution < 1.29 is 14.0 Å². The number of halogens is 2. The monoisotopic (exact) mass is 352 g/mol. The molecule has 0 bridgehead atoms. The zero-order chi connectivity index (χ0) is 16.4. The normalized spacial score (nSPS) is 17.3. The molecule has 7 heteroatoms. The van der Waals surface area contributed by atoms with E-state index >= 15 is 0 Å². The van der Waals surface area contributed by atoms with E-state index in [0.717, 1.165) is 6.42 Å². The molecule has 3 rings (SSSR count). The lowest BCUT2D eigenvalue weighted by Gasteiger charge is -2.23. The fourth-order valence-electron chi connectivity index (χ4n) is 2.64. The van der Waals surface area contributed by atoms with Crippen LogP contribution in [0.4, 0.5) is 5.69 Å². The highest BCUT2D eigenvalue weighted by Gasteiger charge is 2.35. The summed E-state index contributed by atoms with van der Waals surface area (Å²) in [6.45, 7) is 0.538. The fraction of sp³-hybridized carbons (Fsp3) is 0.250. The first-order valence-electron chi connectivity index (χ1n) is 7.15. The Bertz CT molecular complexity index is 731. The van der Waals surface area contributed by atoms with Crippen LogP contribution in [0.2, 0.25) is 10.0 Å². The van der Waals surface area contributed by atoms with Gasteiger partial charge in [-0.3, -0.25) is 9.59 Å². The van der Waals surface area contributed by atoms with Crippen LogP contribution in [0.25, 0.3) is 0 Å². The largest absolute Gasteiger partial charge is 0.472 e. The fourth-order valence-corrected chi connectivity index (χ4v) is 3.10. The van der Waals surface area contributed by atoms with Gasteiger partial charge in [-0.05, 0) is 37.1 Å². The van der Waals surface area contributed by atoms with Gasteiger partial charge in [0.15, 0.2) is 0 Å². The Labute approximate surface area is 143 Å². The van der Waals surface area contributed by atoms with Crippen molar-refractivity contribution in [2.75, 3.05) is 11.9 Å². The van der Waals surface area contributed by atoms with Crippen molar-refractivity contribution in [3.8, 4) is 0 Å². The molecule has 1 aliphatic heterocycles. The molecule has 2 heterocycles. The third-order valence-electron chi connectivity index (χ3n) is 3.77. The summed E-state index contributed by atoms with van der Waals surface area (Å²) >= 11 is 11.9. The molecular formula is C16H14Cl2N2O3. The summed E-state index contributed by atoms with van der Waals surface area (Å²) in [6, 6.07) is 5.91. The lowest BCUT2D eigenvalue weighted by Crippen LogP contribution is -2.43. The van der Waals surface area contributed by atoms with Crippen molar-refractivity contribution >= 4 is 40.7 Å². The molecule has 1 aromatic carbocycles. The number of likely N-dealkylation sites (tertiary alicyclic amines) is 1. The Morgan fingerprint density at radius 1 is 1.26 bits per heavy atom. The van der Waals surface area contributed by atoms with E-state index in [9.17, 15) is 9.59 Å². The number of rotatable bonds is 3. The topological polar surface area (TPSA) is 62.6 Å². The molecule has 5 nitrogen and oxygen atoms in total. The maximum absolute atomic E-state index is 12.5. The van der Waals surface area contributed by atoms with Gasteiger partial charge in [-0.25, -0.2) is 0 Å². The number of amides is 2. The van der Waals surface area contributed by atoms with Crippen LogP contribution in [0.1, 0.15) is 23.2 Å². The van der Waals surface area contributed by atoms with Crippen LogP contribution in [0.5, 0.6) is 0 Å². The quantitative estimate of drug-likeness (QED) is 0.912. The highest BCUT2D eigenvalue weighted by Crippen LogP contribution is 2.27. The van der Waals surface area contributed by atoms with Crippen LogP contribution in [0, 0.1) is 0 Å². The van der Waals surface area contributed by atoms with Gasteiger partial charge >= 0.3 is 0 Å². The van der Waals surface area contributed by atoms with Crippen LogP contribution in [0.15, 0.2) is 41.2 Å². The first kappa shape index (κ1) is 15.9. The Hall–Kier alpha value is -1.98. The number of anilines is 1. The van der Waals surface area contributed by atoms with Crippen LogP contribution in [-0.4, -0.2) is 29.3 Å². The van der Waals surface area contributed by atoms with Crippen molar-refractivity contribution in [1.29, 1.82) is 0 Å². The second kappa shape index (κ2) is 6.64. The summed E-state index contributed by atoms with van der Waals surface area (Å²) in [5.41, 5.74) is 0.915. The molecule has 1 fully saturated rings. The second-order valence-electron chi connectivity index (χ2n) is 5.28. The van der Waals surface area contributed by atoms with Crippen LogP contribution in [0.3, 0.4) is 0 Å². The lowest BCUT2D eigenvalue weighted by atomic mass is 10.2. The zero-order valence-corrected chi connectivity index (χ0v) is 13.6. The molecule has 1 aromatic heterocycles. The maximum Gasteiger partial charge on any atom is 0.257 e. The smallest absolute Gasteiger partial charge is 0.257 e. The van der Waals surface area contributed by atoms with E-state index in [2.05, 4.69) is 5.32 Å². The van der Waals surface area contributed by atoms with E-state index in [0.29, 0.717) is 34.3 Å². The molecule has 1 saturated heterocycles. The molecule has 1 atom stereocenters. The van der Waals surface area contributed by atoms with Crippen molar-refractivity contribution in [1.82, 2.24) is 4.90 Å². The minimum Gasteiger partial charge on any atom is -0.472 e. The molecule has 23 heavy (non-hydrogen) atoms. The number of nitrogens with one attached hydrogen (secondary N) is 1. The van der Waals surface area contributed by atoms with Crippen molar-refractivity contribution in [2.24, 2.45) is 0 Å². The predicted molar refractivity (Wildman–Crippen MR) is 87.9 cm³/mol. The number of nitrogens with zero attached hydrogens (tertiary/aromatic N) is 1. The molecule has 120 valence electrons. The maximum atomic E-state index is 12.5. The van der Waals surface area contributed by atoms with Gasteiger partial charge in [0.05, 0.1) is 22.5 Å². The average molecular weight is 353 g/mol. The standard InChI is InChI=1S/C16H14Cl2N2O3/c17-11-3-4-13(12(18)8-11)19-15(21)14-2-1-6-20(14)16(22)10-5-7-23-9-10/h3-5,7-9,14H,1-2,6H2,(H,19,21). The van der Waals surface area contributed by atoms with E-state index in [4.69, 9.17) is 27.6 Å². The summed E-state index contributed by atoms with van der Waals surface area (Å²) in [7, 11) is 0. The first-order valence-corrected chi connectivity index (χ1v) is 7.91. The van der Waals surface area contributed by atoms with Crippen LogP contribution < -0.4 is 5.32 Å². The van der Waals surface area contributed by atoms with E-state index in [1.807, 2.05) is 0 Å². The molecule has 0 saturated carbocycles. The van der Waals surface area contributed by atoms with Gasteiger partial charge in [0.1, 0.15) is 12.3 Å². The SMILES string of the molecule is O=C(Nc1ccc(Cl)cc1Cl)C1CCCN1C(=O)c1ccoc1. The molecule has 1 N–H and O–H groups in total. The number of hydrogen-bond acceptors (Lipinski definition) is 3. The Balaban J connectivity index is 1.74. The molecular weight excluding hydrogens is 339 g/mol. The molecule has 0 spiro atoms. The van der Waals surface area contributed by atoms with Crippen LogP contribution >= 0.6 is 23.2 Å². The summed E-state index contributed by atoms with van der Waals surface area (Å²) in [4.78, 5) is 26.5. The number of carbonyl (C=O) groups is 2. The van der Waals surface area contributed by atoms with Crippen molar-refractivity contribution in [3.05, 3.63) is 52.4 Å². The number of carbonyl (C=O) groups excluding carboxylic acids is 2. The molecule has 0 radical (unpaired) electrons. The summed E-state index contributed by atoms with van der Waals surface area (Å²) in [6.07, 6.45) is 4.20. The molecule has 0 aliphatic carbocycles. The van der Waals surface area contributed by atoms with Gasteiger partial charge in [-0.15, -0.1) is 0 Å². The zero-order valence-electron chi connectivity index (χ0n) is 12.1. The lowest BCUT2D eigenvalue weighted by molar-refractivity contribution is -0.119. The predicted octanol–water partition coefficient (Wildman–Crippen LogP) is 3.83. The Morgan fingerprint density at radius 3 is 2.78 bits per heavy atom. The van der Waals surface area contributed by atoms with E-state index in [1.54, 1.807) is 29.2 Å². The van der Waals surface area contributed by atoms with Gasteiger partial charge < -0.3 is 14.6 Å². The number of furan rings is 1.